The highest BCUT2D eigenvalue weighted by molar-refractivity contribution is 5.89. The first-order chi connectivity index (χ1) is 8.16. The van der Waals surface area contributed by atoms with E-state index in [9.17, 15) is 9.90 Å². The number of hydrogen-bond acceptors (Lipinski definition) is 4. The second-order valence-electron chi connectivity index (χ2n) is 4.23. The molecule has 1 aliphatic rings. The summed E-state index contributed by atoms with van der Waals surface area (Å²) in [4.78, 5) is 11.6. The summed E-state index contributed by atoms with van der Waals surface area (Å²) in [7, 11) is 0. The largest absolute Gasteiger partial charge is 0.459 e. The van der Waals surface area contributed by atoms with Crippen LogP contribution in [0, 0.1) is 0 Å². The molecular weight excluding hydrogens is 220 g/mol. The summed E-state index contributed by atoms with van der Waals surface area (Å²) < 4.78 is 10.6. The SMILES string of the molecule is C[C@H]1O[C@@H](COC(=O)c2ccccc2)CC1O. The van der Waals surface area contributed by atoms with Crippen LogP contribution in [0.5, 0.6) is 0 Å². The molecule has 0 aromatic heterocycles. The second kappa shape index (κ2) is 5.29. The van der Waals surface area contributed by atoms with Gasteiger partial charge in [-0.2, -0.15) is 0 Å². The lowest BCUT2D eigenvalue weighted by Gasteiger charge is -2.11. The van der Waals surface area contributed by atoms with E-state index in [0.717, 1.165) is 0 Å². The van der Waals surface area contributed by atoms with Crippen molar-refractivity contribution in [1.82, 2.24) is 0 Å². The summed E-state index contributed by atoms with van der Waals surface area (Å²) >= 11 is 0. The van der Waals surface area contributed by atoms with E-state index >= 15 is 0 Å². The summed E-state index contributed by atoms with van der Waals surface area (Å²) in [6.07, 6.45) is -0.331. The highest BCUT2D eigenvalue weighted by atomic mass is 16.6. The molecule has 1 N–H and O–H groups in total. The van der Waals surface area contributed by atoms with Crippen LogP contribution < -0.4 is 0 Å². The Bertz CT molecular complexity index is 366. The van der Waals surface area contributed by atoms with Gasteiger partial charge in [-0.25, -0.2) is 4.79 Å². The van der Waals surface area contributed by atoms with E-state index in [1.165, 1.54) is 0 Å². The molecule has 1 aromatic carbocycles. The minimum atomic E-state index is -0.463. The summed E-state index contributed by atoms with van der Waals surface area (Å²) in [5, 5.41) is 9.48. The zero-order valence-electron chi connectivity index (χ0n) is 9.70. The number of hydrogen-bond donors (Lipinski definition) is 1. The van der Waals surface area contributed by atoms with Crippen molar-refractivity contribution in [3.05, 3.63) is 35.9 Å². The lowest BCUT2D eigenvalue weighted by atomic mass is 10.1. The van der Waals surface area contributed by atoms with Gasteiger partial charge in [-0.15, -0.1) is 0 Å². The molecule has 0 radical (unpaired) electrons. The third kappa shape index (κ3) is 3.05. The van der Waals surface area contributed by atoms with Crippen molar-refractivity contribution in [1.29, 1.82) is 0 Å². The minimum absolute atomic E-state index is 0.185. The molecule has 2 rings (SSSR count). The quantitative estimate of drug-likeness (QED) is 0.806. The van der Waals surface area contributed by atoms with Gasteiger partial charge in [0.25, 0.3) is 0 Å². The number of benzene rings is 1. The Labute approximate surface area is 100 Å². The van der Waals surface area contributed by atoms with Crippen LogP contribution in [0.1, 0.15) is 23.7 Å². The summed E-state index contributed by atoms with van der Waals surface area (Å²) in [6, 6.07) is 8.82. The highest BCUT2D eigenvalue weighted by Crippen LogP contribution is 2.20. The first kappa shape index (κ1) is 12.1. The predicted octanol–water partition coefficient (Wildman–Crippen LogP) is 1.38. The number of aliphatic hydroxyl groups is 1. The lowest BCUT2D eigenvalue weighted by molar-refractivity contribution is -0.0127. The monoisotopic (exact) mass is 236 g/mol. The van der Waals surface area contributed by atoms with E-state index in [0.29, 0.717) is 12.0 Å². The van der Waals surface area contributed by atoms with Crippen LogP contribution in [0.15, 0.2) is 30.3 Å². The van der Waals surface area contributed by atoms with E-state index < -0.39 is 6.10 Å². The van der Waals surface area contributed by atoms with Crippen LogP contribution in [-0.4, -0.2) is 36.0 Å². The van der Waals surface area contributed by atoms with Crippen molar-refractivity contribution in [2.24, 2.45) is 0 Å². The van der Waals surface area contributed by atoms with Crippen molar-refractivity contribution >= 4 is 5.97 Å². The van der Waals surface area contributed by atoms with E-state index in [1.54, 1.807) is 24.3 Å². The van der Waals surface area contributed by atoms with Crippen molar-refractivity contribution in [3.63, 3.8) is 0 Å². The third-order valence-electron chi connectivity index (χ3n) is 2.86. The molecule has 3 atom stereocenters. The predicted molar refractivity (Wildman–Crippen MR) is 61.7 cm³/mol. The molecule has 1 unspecified atom stereocenters. The topological polar surface area (TPSA) is 55.8 Å². The first-order valence-corrected chi connectivity index (χ1v) is 5.72. The molecule has 4 nitrogen and oxygen atoms in total. The number of carbonyl (C=O) groups is 1. The van der Waals surface area contributed by atoms with Crippen molar-refractivity contribution in [3.8, 4) is 0 Å². The lowest BCUT2D eigenvalue weighted by Crippen LogP contribution is -2.19. The average Bonchev–Trinajstić information content (AvgIpc) is 2.67. The summed E-state index contributed by atoms with van der Waals surface area (Å²) in [5.74, 6) is -0.358. The normalized spacial score (nSPS) is 28.0. The van der Waals surface area contributed by atoms with Crippen LogP contribution in [0.25, 0.3) is 0 Å². The Hall–Kier alpha value is -1.39. The van der Waals surface area contributed by atoms with Gasteiger partial charge in [0.2, 0.25) is 0 Å². The standard InChI is InChI=1S/C13H16O4/c1-9-12(14)7-11(17-9)8-16-13(15)10-5-3-2-4-6-10/h2-6,9,11-12,14H,7-8H2,1H3/t9-,11-,12?/m1/s1. The molecule has 0 spiro atoms. The van der Waals surface area contributed by atoms with Crippen molar-refractivity contribution in [2.45, 2.75) is 31.7 Å². The Balaban J connectivity index is 1.81. The maximum Gasteiger partial charge on any atom is 0.338 e. The maximum absolute atomic E-state index is 11.6. The Kier molecular flexibility index (Phi) is 3.76. The molecule has 1 saturated heterocycles. The van der Waals surface area contributed by atoms with Crippen LogP contribution in [0.4, 0.5) is 0 Å². The van der Waals surface area contributed by atoms with Crippen molar-refractivity contribution in [2.75, 3.05) is 6.61 Å². The van der Waals surface area contributed by atoms with Gasteiger partial charge >= 0.3 is 5.97 Å². The molecule has 0 aliphatic carbocycles. The number of aliphatic hydroxyl groups excluding tert-OH is 1. The van der Waals surface area contributed by atoms with Gasteiger partial charge in [0, 0.05) is 6.42 Å². The molecule has 1 aliphatic heterocycles. The van der Waals surface area contributed by atoms with Crippen LogP contribution in [0.2, 0.25) is 0 Å². The van der Waals surface area contributed by atoms with Crippen LogP contribution >= 0.6 is 0 Å². The fourth-order valence-corrected chi connectivity index (χ4v) is 1.84. The van der Waals surface area contributed by atoms with E-state index in [1.807, 2.05) is 13.0 Å². The first-order valence-electron chi connectivity index (χ1n) is 5.72. The minimum Gasteiger partial charge on any atom is -0.459 e. The van der Waals surface area contributed by atoms with Gasteiger partial charge in [-0.3, -0.25) is 0 Å². The fourth-order valence-electron chi connectivity index (χ4n) is 1.84. The highest BCUT2D eigenvalue weighted by Gasteiger charge is 2.31. The Morgan fingerprint density at radius 2 is 2.18 bits per heavy atom. The van der Waals surface area contributed by atoms with E-state index in [-0.39, 0.29) is 24.8 Å². The van der Waals surface area contributed by atoms with Gasteiger partial charge in [0.15, 0.2) is 0 Å². The number of rotatable bonds is 3. The maximum atomic E-state index is 11.6. The average molecular weight is 236 g/mol. The molecule has 1 fully saturated rings. The molecule has 1 heterocycles. The molecule has 1 aromatic rings. The summed E-state index contributed by atoms with van der Waals surface area (Å²) in [6.45, 7) is 2.00. The zero-order chi connectivity index (χ0) is 12.3. The third-order valence-corrected chi connectivity index (χ3v) is 2.86. The van der Waals surface area contributed by atoms with Crippen LogP contribution in [0.3, 0.4) is 0 Å². The van der Waals surface area contributed by atoms with Gasteiger partial charge in [-0.05, 0) is 19.1 Å². The fraction of sp³-hybridized carbons (Fsp3) is 0.462. The summed E-state index contributed by atoms with van der Waals surface area (Å²) in [5.41, 5.74) is 0.527. The molecule has 0 amide bonds. The molecular formula is C13H16O4. The zero-order valence-corrected chi connectivity index (χ0v) is 9.70. The van der Waals surface area contributed by atoms with Gasteiger partial charge in [-0.1, -0.05) is 18.2 Å². The molecule has 0 saturated carbocycles. The molecule has 17 heavy (non-hydrogen) atoms. The number of carbonyl (C=O) groups excluding carboxylic acids is 1. The molecule has 0 bridgehead atoms. The van der Waals surface area contributed by atoms with E-state index in [2.05, 4.69) is 0 Å². The van der Waals surface area contributed by atoms with Gasteiger partial charge in [0.1, 0.15) is 6.61 Å². The van der Waals surface area contributed by atoms with Gasteiger partial charge in [0.05, 0.1) is 23.9 Å². The molecule has 92 valence electrons. The van der Waals surface area contributed by atoms with E-state index in [4.69, 9.17) is 9.47 Å². The van der Waals surface area contributed by atoms with Crippen molar-refractivity contribution < 1.29 is 19.4 Å². The van der Waals surface area contributed by atoms with Gasteiger partial charge < -0.3 is 14.6 Å². The number of esters is 1. The Morgan fingerprint density at radius 1 is 1.47 bits per heavy atom. The smallest absolute Gasteiger partial charge is 0.338 e. The Morgan fingerprint density at radius 3 is 2.76 bits per heavy atom. The van der Waals surface area contributed by atoms with Crippen LogP contribution in [-0.2, 0) is 9.47 Å². The molecule has 4 heteroatoms. The number of ether oxygens (including phenoxy) is 2. The second-order valence-corrected chi connectivity index (χ2v) is 4.23.